The Bertz CT molecular complexity index is 857. The predicted octanol–water partition coefficient (Wildman–Crippen LogP) is 4.43. The van der Waals surface area contributed by atoms with Crippen molar-refractivity contribution in [3.8, 4) is 0 Å². The average Bonchev–Trinajstić information content (AvgIpc) is 2.68. The number of ether oxygens (including phenoxy) is 1. The summed E-state index contributed by atoms with van der Waals surface area (Å²) in [7, 11) is 1.33. The van der Waals surface area contributed by atoms with Crippen molar-refractivity contribution in [3.63, 3.8) is 0 Å². The molecule has 1 aromatic carbocycles. The summed E-state index contributed by atoms with van der Waals surface area (Å²) in [5.41, 5.74) is 7.65. The Hall–Kier alpha value is -2.41. The van der Waals surface area contributed by atoms with Gasteiger partial charge in [0, 0.05) is 5.92 Å². The summed E-state index contributed by atoms with van der Waals surface area (Å²) >= 11 is 6.21. The second-order valence-corrected chi connectivity index (χ2v) is 7.11. The molecule has 1 amide bonds. The Morgan fingerprint density at radius 1 is 1.14 bits per heavy atom. The van der Waals surface area contributed by atoms with E-state index in [0.717, 1.165) is 32.1 Å². The summed E-state index contributed by atoms with van der Waals surface area (Å²) in [5, 5.41) is 0.105. The van der Waals surface area contributed by atoms with Crippen LogP contribution in [0.5, 0.6) is 0 Å². The number of anilines is 1. The number of aryl methyl sites for hydroxylation is 1. The highest BCUT2D eigenvalue weighted by atomic mass is 35.5. The molecule has 0 saturated carbocycles. The number of fused-ring (bicyclic) bond motifs is 1. The molecule has 2 rings (SSSR count). The fourth-order valence-corrected chi connectivity index (χ4v) is 3.20. The molecule has 7 nitrogen and oxygen atoms in total. The number of hydrazine groups is 1. The van der Waals surface area contributed by atoms with Crippen molar-refractivity contribution in [2.24, 2.45) is 5.92 Å². The van der Waals surface area contributed by atoms with E-state index < -0.39 is 5.97 Å². The molecule has 0 aliphatic carbocycles. The number of methoxy groups -OCH3 is 1. The van der Waals surface area contributed by atoms with E-state index in [4.69, 9.17) is 16.3 Å². The van der Waals surface area contributed by atoms with Crippen LogP contribution in [-0.2, 0) is 9.53 Å². The number of amides is 1. The number of esters is 1. The Morgan fingerprint density at radius 3 is 2.50 bits per heavy atom. The lowest BCUT2D eigenvalue weighted by Gasteiger charge is -2.17. The zero-order chi connectivity index (χ0) is 20.7. The molecular weight excluding hydrogens is 380 g/mol. The number of hydrogen-bond donors (Lipinski definition) is 2. The zero-order valence-electron chi connectivity index (χ0n) is 16.8. The minimum absolute atomic E-state index is 0.0468. The standard InChI is InChI=1S/C20H27ClN4O3/c1-5-7-9-13(8-6-2)19(26)25-24-18-17(21)22-16-11-14(20(27)28-4)12(3)10-15(16)23-18/h10-11,13H,5-9H2,1-4H3,(H,23,24)(H,25,26)/t13-/m0/s1. The number of rotatable bonds is 9. The smallest absolute Gasteiger partial charge is 0.338 e. The van der Waals surface area contributed by atoms with Gasteiger partial charge in [0.2, 0.25) is 5.91 Å². The Kier molecular flexibility index (Phi) is 7.99. The Morgan fingerprint density at radius 2 is 1.86 bits per heavy atom. The third-order valence-electron chi connectivity index (χ3n) is 4.59. The summed E-state index contributed by atoms with van der Waals surface area (Å²) in [6.45, 7) is 5.97. The SMILES string of the molecule is CCCC[C@H](CCC)C(=O)NNc1nc2cc(C)c(C(=O)OC)cc2nc1Cl. The van der Waals surface area contributed by atoms with Gasteiger partial charge in [0.05, 0.1) is 23.7 Å². The number of hydrogen-bond acceptors (Lipinski definition) is 6. The lowest BCUT2D eigenvalue weighted by molar-refractivity contribution is -0.125. The fraction of sp³-hybridized carbons (Fsp3) is 0.500. The maximum atomic E-state index is 12.5. The van der Waals surface area contributed by atoms with E-state index in [0.29, 0.717) is 22.2 Å². The van der Waals surface area contributed by atoms with Crippen molar-refractivity contribution in [3.05, 3.63) is 28.4 Å². The number of benzene rings is 1. The molecule has 0 radical (unpaired) electrons. The second kappa shape index (κ2) is 10.2. The monoisotopic (exact) mass is 406 g/mol. The maximum Gasteiger partial charge on any atom is 0.338 e. The van der Waals surface area contributed by atoms with Gasteiger partial charge in [0.15, 0.2) is 11.0 Å². The molecule has 152 valence electrons. The highest BCUT2D eigenvalue weighted by Gasteiger charge is 2.18. The molecule has 1 aromatic heterocycles. The number of unbranched alkanes of at least 4 members (excludes halogenated alkanes) is 1. The van der Waals surface area contributed by atoms with Gasteiger partial charge in [-0.15, -0.1) is 0 Å². The maximum absolute atomic E-state index is 12.5. The van der Waals surface area contributed by atoms with Gasteiger partial charge in [0.1, 0.15) is 0 Å². The molecule has 0 aliphatic rings. The topological polar surface area (TPSA) is 93.2 Å². The van der Waals surface area contributed by atoms with Crippen LogP contribution in [0, 0.1) is 12.8 Å². The molecule has 1 heterocycles. The van der Waals surface area contributed by atoms with Gasteiger partial charge in [-0.25, -0.2) is 14.8 Å². The number of nitrogens with one attached hydrogen (secondary N) is 2. The number of halogens is 1. The third kappa shape index (κ3) is 5.32. The van der Waals surface area contributed by atoms with E-state index >= 15 is 0 Å². The van der Waals surface area contributed by atoms with Crippen LogP contribution in [0.2, 0.25) is 5.15 Å². The quantitative estimate of drug-likeness (QED) is 0.472. The number of carbonyl (C=O) groups excluding carboxylic acids is 2. The molecule has 0 bridgehead atoms. The molecule has 0 fully saturated rings. The molecular formula is C20H27ClN4O3. The van der Waals surface area contributed by atoms with Crippen LogP contribution in [0.25, 0.3) is 11.0 Å². The molecule has 2 N–H and O–H groups in total. The van der Waals surface area contributed by atoms with Crippen molar-refractivity contribution >= 4 is 40.3 Å². The summed E-state index contributed by atoms with van der Waals surface area (Å²) in [5.74, 6) is -0.306. The van der Waals surface area contributed by atoms with E-state index in [-0.39, 0.29) is 22.8 Å². The Labute approximate surface area is 170 Å². The molecule has 0 spiro atoms. The first-order valence-electron chi connectivity index (χ1n) is 9.53. The van der Waals surface area contributed by atoms with Gasteiger partial charge < -0.3 is 4.74 Å². The van der Waals surface area contributed by atoms with Crippen molar-refractivity contribution in [1.82, 2.24) is 15.4 Å². The lowest BCUT2D eigenvalue weighted by atomic mass is 9.96. The van der Waals surface area contributed by atoms with E-state index in [9.17, 15) is 9.59 Å². The van der Waals surface area contributed by atoms with Gasteiger partial charge in [-0.05, 0) is 37.5 Å². The van der Waals surface area contributed by atoms with E-state index in [1.54, 1.807) is 19.1 Å². The largest absolute Gasteiger partial charge is 0.465 e. The summed E-state index contributed by atoms with van der Waals surface area (Å²) in [6.07, 6.45) is 4.69. The van der Waals surface area contributed by atoms with Crippen LogP contribution in [0.15, 0.2) is 12.1 Å². The van der Waals surface area contributed by atoms with E-state index in [1.807, 2.05) is 0 Å². The van der Waals surface area contributed by atoms with Crippen LogP contribution >= 0.6 is 11.6 Å². The van der Waals surface area contributed by atoms with Gasteiger partial charge in [0.25, 0.3) is 0 Å². The average molecular weight is 407 g/mol. The molecule has 0 saturated heterocycles. The molecule has 0 unspecified atom stereocenters. The minimum Gasteiger partial charge on any atom is -0.465 e. The van der Waals surface area contributed by atoms with Crippen LogP contribution in [0.1, 0.15) is 61.9 Å². The van der Waals surface area contributed by atoms with Gasteiger partial charge >= 0.3 is 5.97 Å². The molecule has 2 aromatic rings. The summed E-state index contributed by atoms with van der Waals surface area (Å²) < 4.78 is 4.78. The Balaban J connectivity index is 2.19. The number of aromatic nitrogens is 2. The highest BCUT2D eigenvalue weighted by Crippen LogP contribution is 2.24. The molecule has 0 aliphatic heterocycles. The molecule has 8 heteroatoms. The number of carbonyl (C=O) groups is 2. The van der Waals surface area contributed by atoms with Gasteiger partial charge in [-0.1, -0.05) is 44.7 Å². The minimum atomic E-state index is -0.444. The second-order valence-electron chi connectivity index (χ2n) is 6.75. The summed E-state index contributed by atoms with van der Waals surface area (Å²) in [6, 6.07) is 3.33. The highest BCUT2D eigenvalue weighted by molar-refractivity contribution is 6.32. The zero-order valence-corrected chi connectivity index (χ0v) is 17.5. The van der Waals surface area contributed by atoms with Crippen molar-refractivity contribution < 1.29 is 14.3 Å². The number of nitrogens with zero attached hydrogens (tertiary/aromatic N) is 2. The first-order valence-corrected chi connectivity index (χ1v) is 9.91. The van der Waals surface area contributed by atoms with Crippen molar-refractivity contribution in [2.75, 3.05) is 12.5 Å². The first kappa shape index (κ1) is 21.9. The van der Waals surface area contributed by atoms with E-state index in [1.165, 1.54) is 7.11 Å². The van der Waals surface area contributed by atoms with E-state index in [2.05, 4.69) is 34.7 Å². The fourth-order valence-electron chi connectivity index (χ4n) is 3.02. The van der Waals surface area contributed by atoms with Crippen LogP contribution in [-0.4, -0.2) is 29.0 Å². The van der Waals surface area contributed by atoms with Crippen molar-refractivity contribution in [1.29, 1.82) is 0 Å². The third-order valence-corrected chi connectivity index (χ3v) is 4.85. The normalized spacial score (nSPS) is 11.9. The van der Waals surface area contributed by atoms with Gasteiger partial charge in [-0.3, -0.25) is 15.6 Å². The van der Waals surface area contributed by atoms with Crippen LogP contribution < -0.4 is 10.9 Å². The van der Waals surface area contributed by atoms with Crippen LogP contribution in [0.4, 0.5) is 5.82 Å². The molecule has 1 atom stereocenters. The van der Waals surface area contributed by atoms with Crippen molar-refractivity contribution in [2.45, 2.75) is 52.9 Å². The first-order chi connectivity index (χ1) is 13.4. The molecule has 28 heavy (non-hydrogen) atoms. The van der Waals surface area contributed by atoms with Gasteiger partial charge in [-0.2, -0.15) is 0 Å². The summed E-state index contributed by atoms with van der Waals surface area (Å²) in [4.78, 5) is 33.0. The lowest BCUT2D eigenvalue weighted by Crippen LogP contribution is -2.35. The van der Waals surface area contributed by atoms with Crippen LogP contribution in [0.3, 0.4) is 0 Å². The predicted molar refractivity (Wildman–Crippen MR) is 110 cm³/mol.